The second-order valence-corrected chi connectivity index (χ2v) is 7.79. The molecular weight excluding hydrogens is 392 g/mol. The van der Waals surface area contributed by atoms with Gasteiger partial charge in [-0.05, 0) is 49.8 Å². The van der Waals surface area contributed by atoms with Crippen molar-refractivity contribution < 1.29 is 28.8 Å². The second-order valence-electron chi connectivity index (χ2n) is 7.79. The molecule has 158 valence electrons. The molecule has 30 heavy (non-hydrogen) atoms. The van der Waals surface area contributed by atoms with Crippen molar-refractivity contribution in [1.29, 1.82) is 5.26 Å². The van der Waals surface area contributed by atoms with Gasteiger partial charge in [0, 0.05) is 6.04 Å². The van der Waals surface area contributed by atoms with E-state index in [-0.39, 0.29) is 24.6 Å². The topological polar surface area (TPSA) is 123 Å². The zero-order valence-corrected chi connectivity index (χ0v) is 16.4. The lowest BCUT2D eigenvalue weighted by Gasteiger charge is -2.34. The number of hydrogen-bond acceptors (Lipinski definition) is 6. The van der Waals surface area contributed by atoms with E-state index >= 15 is 0 Å². The van der Waals surface area contributed by atoms with Crippen molar-refractivity contribution >= 4 is 19.1 Å². The largest absolute Gasteiger partial charge is 0.475 e. The van der Waals surface area contributed by atoms with E-state index in [0.29, 0.717) is 18.4 Å². The Morgan fingerprint density at radius 1 is 1.37 bits per heavy atom. The Morgan fingerprint density at radius 3 is 2.57 bits per heavy atom. The highest BCUT2D eigenvalue weighted by atomic mass is 19.1. The molecule has 0 aromatic heterocycles. The molecule has 0 spiro atoms. The van der Waals surface area contributed by atoms with E-state index in [0.717, 1.165) is 12.8 Å². The van der Waals surface area contributed by atoms with E-state index in [1.165, 1.54) is 24.3 Å². The maximum Gasteiger partial charge on any atom is 0.475 e. The first-order chi connectivity index (χ1) is 14.3. The number of carbonyl (C=O) groups is 2. The van der Waals surface area contributed by atoms with Gasteiger partial charge in [-0.15, -0.1) is 0 Å². The van der Waals surface area contributed by atoms with Crippen LogP contribution in [0.1, 0.15) is 31.2 Å². The van der Waals surface area contributed by atoms with Crippen LogP contribution >= 0.6 is 0 Å². The molecule has 2 aliphatic rings. The molecule has 1 atom stereocenters. The van der Waals surface area contributed by atoms with Crippen molar-refractivity contribution in [1.82, 2.24) is 10.2 Å². The zero-order valence-electron chi connectivity index (χ0n) is 16.4. The molecule has 3 rings (SSSR count). The van der Waals surface area contributed by atoms with Gasteiger partial charge >= 0.3 is 13.2 Å². The number of hydrogen-bond donors (Lipinski definition) is 3. The number of benzene rings is 1. The number of nitriles is 1. The molecule has 2 aliphatic heterocycles. The molecule has 0 unspecified atom stereocenters. The van der Waals surface area contributed by atoms with Crippen LogP contribution < -0.4 is 5.32 Å². The fourth-order valence-electron chi connectivity index (χ4n) is 4.31. The Kier molecular flexibility index (Phi) is 6.44. The first-order valence-corrected chi connectivity index (χ1v) is 9.72. The summed E-state index contributed by atoms with van der Waals surface area (Å²) >= 11 is 0. The fraction of sp³-hybridized carbons (Fsp3) is 0.450. The molecule has 2 saturated heterocycles. The Morgan fingerprint density at radius 2 is 2.00 bits per heavy atom. The third-order valence-corrected chi connectivity index (χ3v) is 5.88. The van der Waals surface area contributed by atoms with Gasteiger partial charge in [0.15, 0.2) is 0 Å². The zero-order chi connectivity index (χ0) is 21.9. The third-order valence-electron chi connectivity index (χ3n) is 5.88. The van der Waals surface area contributed by atoms with Gasteiger partial charge in [0.1, 0.15) is 24.1 Å². The van der Waals surface area contributed by atoms with E-state index in [1.807, 2.05) is 0 Å². The first-order valence-electron chi connectivity index (χ1n) is 9.72. The minimum absolute atomic E-state index is 0.000232. The predicted octanol–water partition coefficient (Wildman–Crippen LogP) is 1.08. The number of rotatable bonds is 7. The van der Waals surface area contributed by atoms with Gasteiger partial charge in [-0.2, -0.15) is 5.26 Å². The minimum atomic E-state index is -1.85. The summed E-state index contributed by atoms with van der Waals surface area (Å²) < 4.78 is 18.4. The SMILES string of the molecule is C=C(C#N)C(=O)N1C2CCC1(COC(=O)N[C@@H](Cc1ccc(F)cc1)B(O)O)CC2. The highest BCUT2D eigenvalue weighted by molar-refractivity contribution is 6.43. The van der Waals surface area contributed by atoms with Gasteiger partial charge in [-0.3, -0.25) is 4.79 Å². The van der Waals surface area contributed by atoms with Gasteiger partial charge in [0.05, 0.1) is 11.5 Å². The summed E-state index contributed by atoms with van der Waals surface area (Å²) in [5.41, 5.74) is -0.224. The van der Waals surface area contributed by atoms with Gasteiger partial charge in [0.2, 0.25) is 0 Å². The van der Waals surface area contributed by atoms with Crippen molar-refractivity contribution in [3.63, 3.8) is 0 Å². The standard InChI is InChI=1S/C20H23BFN3O5/c1-13(11-23)18(26)25-16-6-8-20(25,9-7-16)12-30-19(27)24-17(21(28)29)10-14-2-4-15(22)5-3-14/h2-5,16-17,28-29H,1,6-10,12H2,(H,24,27)/t16?,17-,20?/m0/s1. The van der Waals surface area contributed by atoms with Crippen LogP contribution in [0.25, 0.3) is 0 Å². The third kappa shape index (κ3) is 4.47. The Bertz CT molecular complexity index is 862. The van der Waals surface area contributed by atoms with Crippen molar-refractivity contribution in [3.05, 3.63) is 47.8 Å². The lowest BCUT2D eigenvalue weighted by Crippen LogP contribution is -2.51. The molecule has 2 fully saturated rings. The molecule has 2 heterocycles. The van der Waals surface area contributed by atoms with Crippen LogP contribution in [0.2, 0.25) is 0 Å². The van der Waals surface area contributed by atoms with Crippen molar-refractivity contribution in [2.24, 2.45) is 0 Å². The summed E-state index contributed by atoms with van der Waals surface area (Å²) in [6.07, 6.45) is 2.03. The summed E-state index contributed by atoms with van der Waals surface area (Å²) in [5, 5.41) is 30.6. The number of ether oxygens (including phenoxy) is 1. The molecule has 3 N–H and O–H groups in total. The molecule has 0 saturated carbocycles. The number of amides is 2. The van der Waals surface area contributed by atoms with E-state index in [1.54, 1.807) is 11.0 Å². The lowest BCUT2D eigenvalue weighted by molar-refractivity contribution is -0.132. The Labute approximate surface area is 174 Å². The quantitative estimate of drug-likeness (QED) is 0.348. The van der Waals surface area contributed by atoms with Crippen LogP contribution in [-0.4, -0.2) is 58.2 Å². The predicted molar refractivity (Wildman–Crippen MR) is 105 cm³/mol. The average molecular weight is 415 g/mol. The van der Waals surface area contributed by atoms with Crippen LogP contribution in [0, 0.1) is 17.1 Å². The molecule has 10 heteroatoms. The minimum Gasteiger partial charge on any atom is -0.447 e. The highest BCUT2D eigenvalue weighted by Crippen LogP contribution is 2.47. The maximum absolute atomic E-state index is 13.0. The monoisotopic (exact) mass is 415 g/mol. The van der Waals surface area contributed by atoms with Crippen molar-refractivity contribution in [2.45, 2.75) is 49.6 Å². The lowest BCUT2D eigenvalue weighted by atomic mass is 9.76. The van der Waals surface area contributed by atoms with Gasteiger partial charge in [-0.1, -0.05) is 18.7 Å². The smallest absolute Gasteiger partial charge is 0.447 e. The van der Waals surface area contributed by atoms with Gasteiger partial charge < -0.3 is 25.0 Å². The summed E-state index contributed by atoms with van der Waals surface area (Å²) in [6, 6.07) is 7.23. The van der Waals surface area contributed by atoms with Gasteiger partial charge in [0.25, 0.3) is 5.91 Å². The number of carbonyl (C=O) groups excluding carboxylic acids is 2. The Hall–Kier alpha value is -2.90. The molecule has 1 aromatic rings. The molecule has 8 nitrogen and oxygen atoms in total. The Balaban J connectivity index is 1.61. The number of nitrogens with one attached hydrogen (secondary N) is 1. The van der Waals surface area contributed by atoms with Gasteiger partial charge in [-0.25, -0.2) is 9.18 Å². The number of nitrogens with zero attached hydrogens (tertiary/aromatic N) is 2. The van der Waals surface area contributed by atoms with E-state index in [4.69, 9.17) is 10.00 Å². The number of fused-ring (bicyclic) bond motifs is 2. The highest BCUT2D eigenvalue weighted by Gasteiger charge is 2.55. The number of halogens is 1. The number of alkyl carbamates (subject to hydrolysis) is 1. The van der Waals surface area contributed by atoms with Crippen LogP contribution in [0.15, 0.2) is 36.4 Å². The molecule has 2 amide bonds. The van der Waals surface area contributed by atoms with Crippen molar-refractivity contribution in [3.8, 4) is 6.07 Å². The maximum atomic E-state index is 13.0. The van der Waals surface area contributed by atoms with Crippen LogP contribution in [-0.2, 0) is 16.0 Å². The summed E-state index contributed by atoms with van der Waals surface area (Å²) in [5.74, 6) is -1.92. The molecule has 2 bridgehead atoms. The van der Waals surface area contributed by atoms with Crippen LogP contribution in [0.3, 0.4) is 0 Å². The molecule has 0 radical (unpaired) electrons. The normalized spacial score (nSPS) is 22.9. The first kappa shape index (κ1) is 21.8. The fourth-order valence-corrected chi connectivity index (χ4v) is 4.31. The molecule has 0 aliphatic carbocycles. The van der Waals surface area contributed by atoms with Crippen LogP contribution in [0.4, 0.5) is 9.18 Å². The molecule has 1 aromatic carbocycles. The van der Waals surface area contributed by atoms with E-state index in [2.05, 4.69) is 11.9 Å². The molecular formula is C20H23BFN3O5. The van der Waals surface area contributed by atoms with Crippen molar-refractivity contribution in [2.75, 3.05) is 6.61 Å². The summed E-state index contributed by atoms with van der Waals surface area (Å²) in [4.78, 5) is 26.5. The van der Waals surface area contributed by atoms with E-state index < -0.39 is 36.4 Å². The second kappa shape index (κ2) is 8.85. The average Bonchev–Trinajstić information content (AvgIpc) is 3.27. The summed E-state index contributed by atoms with van der Waals surface area (Å²) in [7, 11) is -1.85. The summed E-state index contributed by atoms with van der Waals surface area (Å²) in [6.45, 7) is 3.43. The van der Waals surface area contributed by atoms with E-state index in [9.17, 15) is 24.0 Å². The van der Waals surface area contributed by atoms with Crippen LogP contribution in [0.5, 0.6) is 0 Å².